The van der Waals surface area contributed by atoms with Crippen molar-refractivity contribution in [1.82, 2.24) is 9.97 Å². The van der Waals surface area contributed by atoms with Crippen LogP contribution < -0.4 is 0 Å². The molecule has 2 heteroatoms. The summed E-state index contributed by atoms with van der Waals surface area (Å²) >= 11 is 0. The first-order valence-electron chi connectivity index (χ1n) is 5.46. The molecule has 1 aromatic heterocycles. The van der Waals surface area contributed by atoms with Gasteiger partial charge in [-0.1, -0.05) is 12.1 Å². The lowest BCUT2D eigenvalue weighted by Crippen LogP contribution is -1.91. The molecule has 0 atom stereocenters. The summed E-state index contributed by atoms with van der Waals surface area (Å²) < 4.78 is 0. The predicted molar refractivity (Wildman–Crippen MR) is 60.8 cm³/mol. The molecule has 0 unspecified atom stereocenters. The fourth-order valence-corrected chi connectivity index (χ4v) is 2.54. The van der Waals surface area contributed by atoms with Crippen LogP contribution in [-0.2, 0) is 12.8 Å². The van der Waals surface area contributed by atoms with Gasteiger partial charge in [0.15, 0.2) is 0 Å². The van der Waals surface area contributed by atoms with Crippen LogP contribution in [0.1, 0.15) is 23.1 Å². The van der Waals surface area contributed by atoms with E-state index < -0.39 is 0 Å². The molecule has 0 spiro atoms. The van der Waals surface area contributed by atoms with E-state index in [0.717, 1.165) is 5.69 Å². The number of nitrogens with zero attached hydrogens (tertiary/aromatic N) is 1. The van der Waals surface area contributed by atoms with E-state index in [4.69, 9.17) is 0 Å². The topological polar surface area (TPSA) is 28.7 Å². The molecular weight excluding hydrogens is 184 g/mol. The second kappa shape index (κ2) is 3.23. The van der Waals surface area contributed by atoms with Gasteiger partial charge < -0.3 is 4.98 Å². The molecule has 76 valence electrons. The van der Waals surface area contributed by atoms with Crippen LogP contribution in [0.2, 0.25) is 0 Å². The minimum Gasteiger partial charge on any atom is -0.345 e. The summed E-state index contributed by atoms with van der Waals surface area (Å²) in [4.78, 5) is 7.28. The third-order valence-electron chi connectivity index (χ3n) is 3.31. The highest BCUT2D eigenvalue weighted by Gasteiger charge is 2.17. The number of rotatable bonds is 1. The Kier molecular flexibility index (Phi) is 1.88. The highest BCUT2D eigenvalue weighted by Crippen LogP contribution is 2.33. The van der Waals surface area contributed by atoms with E-state index in [-0.39, 0.29) is 0 Å². The van der Waals surface area contributed by atoms with Crippen molar-refractivity contribution in [3.63, 3.8) is 0 Å². The maximum Gasteiger partial charge on any atom is 0.0924 e. The molecule has 2 aromatic rings. The Morgan fingerprint density at radius 2 is 2.07 bits per heavy atom. The van der Waals surface area contributed by atoms with E-state index in [9.17, 15) is 0 Å². The van der Waals surface area contributed by atoms with Crippen LogP contribution in [0, 0.1) is 6.92 Å². The number of hydrogen-bond donors (Lipinski definition) is 1. The summed E-state index contributed by atoms with van der Waals surface area (Å²) in [5, 5.41) is 0. The Balaban J connectivity index is 2.22. The smallest absolute Gasteiger partial charge is 0.0924 e. The van der Waals surface area contributed by atoms with E-state index in [2.05, 4.69) is 29.0 Å². The van der Waals surface area contributed by atoms with Gasteiger partial charge in [0.1, 0.15) is 0 Å². The Bertz CT molecular complexity index is 483. The second-order valence-electron chi connectivity index (χ2n) is 4.21. The summed E-state index contributed by atoms with van der Waals surface area (Å²) in [7, 11) is 0. The number of benzene rings is 1. The lowest BCUT2D eigenvalue weighted by molar-refractivity contribution is 0.909. The van der Waals surface area contributed by atoms with Crippen LogP contribution in [0.25, 0.3) is 11.3 Å². The molecular formula is C13H14N2. The van der Waals surface area contributed by atoms with Gasteiger partial charge in [0.25, 0.3) is 0 Å². The van der Waals surface area contributed by atoms with Gasteiger partial charge in [-0.2, -0.15) is 0 Å². The van der Waals surface area contributed by atoms with Crippen LogP contribution >= 0.6 is 0 Å². The lowest BCUT2D eigenvalue weighted by atomic mass is 9.97. The van der Waals surface area contributed by atoms with E-state index >= 15 is 0 Å². The monoisotopic (exact) mass is 198 g/mol. The number of aromatic nitrogens is 2. The molecule has 1 aliphatic rings. The maximum atomic E-state index is 4.09. The van der Waals surface area contributed by atoms with Crippen molar-refractivity contribution in [2.24, 2.45) is 0 Å². The molecule has 0 saturated carbocycles. The summed E-state index contributed by atoms with van der Waals surface area (Å²) in [5.74, 6) is 0. The van der Waals surface area contributed by atoms with E-state index in [1.807, 2.05) is 6.20 Å². The van der Waals surface area contributed by atoms with Gasteiger partial charge >= 0.3 is 0 Å². The highest BCUT2D eigenvalue weighted by molar-refractivity contribution is 5.67. The van der Waals surface area contributed by atoms with E-state index in [1.165, 1.54) is 36.0 Å². The van der Waals surface area contributed by atoms with Crippen molar-refractivity contribution in [2.75, 3.05) is 0 Å². The van der Waals surface area contributed by atoms with Gasteiger partial charge in [0.05, 0.1) is 18.2 Å². The van der Waals surface area contributed by atoms with Crippen molar-refractivity contribution in [2.45, 2.75) is 26.2 Å². The first-order chi connectivity index (χ1) is 7.36. The molecule has 0 aliphatic heterocycles. The number of aryl methyl sites for hydroxylation is 1. The number of fused-ring (bicyclic) bond motifs is 1. The van der Waals surface area contributed by atoms with Gasteiger partial charge in [-0.25, -0.2) is 4.98 Å². The van der Waals surface area contributed by atoms with Gasteiger partial charge in [-0.05, 0) is 42.9 Å². The lowest BCUT2D eigenvalue weighted by Gasteiger charge is -2.09. The molecule has 3 rings (SSSR count). The predicted octanol–water partition coefficient (Wildman–Crippen LogP) is 2.87. The number of imidazole rings is 1. The van der Waals surface area contributed by atoms with Gasteiger partial charge in [0.2, 0.25) is 0 Å². The van der Waals surface area contributed by atoms with Crippen molar-refractivity contribution >= 4 is 0 Å². The summed E-state index contributed by atoms with van der Waals surface area (Å²) in [6, 6.07) is 4.44. The Hall–Kier alpha value is -1.57. The van der Waals surface area contributed by atoms with Crippen LogP contribution in [0.3, 0.4) is 0 Å². The second-order valence-corrected chi connectivity index (χ2v) is 4.21. The minimum atomic E-state index is 1.15. The van der Waals surface area contributed by atoms with Crippen LogP contribution in [0.4, 0.5) is 0 Å². The first-order valence-corrected chi connectivity index (χ1v) is 5.46. The fraction of sp³-hybridized carbons (Fsp3) is 0.308. The summed E-state index contributed by atoms with van der Waals surface area (Å²) in [6.07, 6.45) is 7.40. The SMILES string of the molecule is Cc1ccc(-c2cnc[nH]2)c2c1CCC2. The quantitative estimate of drug-likeness (QED) is 0.750. The zero-order chi connectivity index (χ0) is 10.3. The van der Waals surface area contributed by atoms with Gasteiger partial charge in [0, 0.05) is 5.56 Å². The molecule has 0 bridgehead atoms. The molecule has 1 aliphatic carbocycles. The number of hydrogen-bond acceptors (Lipinski definition) is 1. The minimum absolute atomic E-state index is 1.15. The maximum absolute atomic E-state index is 4.09. The average Bonchev–Trinajstić information content (AvgIpc) is 2.88. The van der Waals surface area contributed by atoms with Gasteiger partial charge in [-0.3, -0.25) is 0 Å². The molecule has 1 heterocycles. The molecule has 1 aromatic carbocycles. The fourth-order valence-electron chi connectivity index (χ4n) is 2.54. The van der Waals surface area contributed by atoms with Crippen LogP contribution in [0.5, 0.6) is 0 Å². The third-order valence-corrected chi connectivity index (χ3v) is 3.31. The molecule has 15 heavy (non-hydrogen) atoms. The summed E-state index contributed by atoms with van der Waals surface area (Å²) in [6.45, 7) is 2.21. The average molecular weight is 198 g/mol. The molecule has 0 radical (unpaired) electrons. The Labute approximate surface area is 89.4 Å². The van der Waals surface area contributed by atoms with E-state index in [1.54, 1.807) is 11.9 Å². The molecule has 0 amide bonds. The molecule has 2 nitrogen and oxygen atoms in total. The van der Waals surface area contributed by atoms with Crippen molar-refractivity contribution < 1.29 is 0 Å². The number of nitrogens with one attached hydrogen (secondary N) is 1. The van der Waals surface area contributed by atoms with Crippen molar-refractivity contribution in [1.29, 1.82) is 0 Å². The van der Waals surface area contributed by atoms with E-state index in [0.29, 0.717) is 0 Å². The highest BCUT2D eigenvalue weighted by atomic mass is 14.9. The molecule has 0 fully saturated rings. The van der Waals surface area contributed by atoms with Crippen molar-refractivity contribution in [3.8, 4) is 11.3 Å². The summed E-state index contributed by atoms with van der Waals surface area (Å²) in [5.41, 5.74) is 7.01. The molecule has 1 N–H and O–H groups in total. The standard InChI is InChI=1S/C13H14N2/c1-9-5-6-12(13-7-14-8-15-13)11-4-2-3-10(9)11/h5-8H,2-4H2,1H3,(H,14,15). The molecule has 0 saturated heterocycles. The Morgan fingerprint density at radius 3 is 2.87 bits per heavy atom. The number of H-pyrrole nitrogens is 1. The normalized spacial score (nSPS) is 14.2. The van der Waals surface area contributed by atoms with Gasteiger partial charge in [-0.15, -0.1) is 0 Å². The van der Waals surface area contributed by atoms with Crippen molar-refractivity contribution in [3.05, 3.63) is 41.3 Å². The first kappa shape index (κ1) is 8.72. The van der Waals surface area contributed by atoms with Crippen LogP contribution in [0.15, 0.2) is 24.7 Å². The third kappa shape index (κ3) is 1.29. The zero-order valence-electron chi connectivity index (χ0n) is 8.88. The van der Waals surface area contributed by atoms with Crippen LogP contribution in [-0.4, -0.2) is 9.97 Å². The largest absolute Gasteiger partial charge is 0.345 e. The zero-order valence-corrected chi connectivity index (χ0v) is 8.88. The number of aromatic amines is 1. The Morgan fingerprint density at radius 1 is 1.20 bits per heavy atom.